The van der Waals surface area contributed by atoms with Crippen LogP contribution in [0.1, 0.15) is 5.82 Å². The van der Waals surface area contributed by atoms with Crippen molar-refractivity contribution in [2.75, 3.05) is 12.5 Å². The van der Waals surface area contributed by atoms with Crippen LogP contribution in [0.25, 0.3) is 6.08 Å². The largest absolute Gasteiger partial charge is 0.345 e. The molecule has 2 nitrogen and oxygen atoms in total. The number of nitrogens with one attached hydrogen (secondary N) is 1. The van der Waals surface area contributed by atoms with Crippen molar-refractivity contribution in [3.63, 3.8) is 0 Å². The predicted molar refractivity (Wildman–Crippen MR) is 53.6 cm³/mol. The first kappa shape index (κ1) is 8.74. The van der Waals surface area contributed by atoms with Gasteiger partial charge < -0.3 is 4.98 Å². The van der Waals surface area contributed by atoms with Crippen molar-refractivity contribution in [1.29, 1.82) is 0 Å². The molecule has 0 aromatic carbocycles. The SMILES string of the molecule is CSC(=Cc1ncc[nH]1)SC. The molecule has 4 heteroatoms. The van der Waals surface area contributed by atoms with Gasteiger partial charge in [0.1, 0.15) is 5.82 Å². The normalized spacial score (nSPS) is 9.64. The summed E-state index contributed by atoms with van der Waals surface area (Å²) in [7, 11) is 0. The highest BCUT2D eigenvalue weighted by Gasteiger charge is 1.93. The highest BCUT2D eigenvalue weighted by Crippen LogP contribution is 2.24. The van der Waals surface area contributed by atoms with E-state index in [0.29, 0.717) is 0 Å². The van der Waals surface area contributed by atoms with Crippen LogP contribution in [0, 0.1) is 0 Å². The fourth-order valence-electron chi connectivity index (χ4n) is 0.669. The molecule has 0 spiro atoms. The van der Waals surface area contributed by atoms with Gasteiger partial charge in [-0.3, -0.25) is 0 Å². The maximum Gasteiger partial charge on any atom is 0.131 e. The van der Waals surface area contributed by atoms with Gasteiger partial charge in [-0.2, -0.15) is 0 Å². The fourth-order valence-corrected chi connectivity index (χ4v) is 1.79. The van der Waals surface area contributed by atoms with Crippen LogP contribution < -0.4 is 0 Å². The van der Waals surface area contributed by atoms with E-state index in [1.165, 1.54) is 4.24 Å². The lowest BCUT2D eigenvalue weighted by molar-refractivity contribution is 1.27. The summed E-state index contributed by atoms with van der Waals surface area (Å²) in [5.41, 5.74) is 0. The van der Waals surface area contributed by atoms with E-state index in [2.05, 4.69) is 22.5 Å². The van der Waals surface area contributed by atoms with Crippen molar-refractivity contribution in [3.8, 4) is 0 Å². The Morgan fingerprint density at radius 1 is 1.55 bits per heavy atom. The standard InChI is InChI=1S/C7H10N2S2/c1-10-7(11-2)5-6-8-3-4-9-6/h3-5H,1-2H3,(H,8,9). The second-order valence-electron chi connectivity index (χ2n) is 1.85. The number of H-pyrrole nitrogens is 1. The van der Waals surface area contributed by atoms with Crippen LogP contribution in [-0.4, -0.2) is 22.5 Å². The summed E-state index contributed by atoms with van der Waals surface area (Å²) in [4.78, 5) is 7.12. The van der Waals surface area contributed by atoms with Gasteiger partial charge in [-0.25, -0.2) is 4.98 Å². The molecule has 1 aromatic rings. The molecule has 1 aromatic heterocycles. The molecule has 60 valence electrons. The predicted octanol–water partition coefficient (Wildman–Crippen LogP) is 2.43. The van der Waals surface area contributed by atoms with Crippen molar-refractivity contribution in [3.05, 3.63) is 22.5 Å². The first-order valence-corrected chi connectivity index (χ1v) is 5.61. The second kappa shape index (κ2) is 4.51. The third-order valence-electron chi connectivity index (χ3n) is 1.18. The highest BCUT2D eigenvalue weighted by molar-refractivity contribution is 8.21. The number of aromatic amines is 1. The Morgan fingerprint density at radius 3 is 2.73 bits per heavy atom. The minimum absolute atomic E-state index is 0.920. The quantitative estimate of drug-likeness (QED) is 0.786. The number of thioether (sulfide) groups is 2. The summed E-state index contributed by atoms with van der Waals surface area (Å²) >= 11 is 3.46. The Bertz CT molecular complexity index is 223. The van der Waals surface area contributed by atoms with Crippen molar-refractivity contribution in [1.82, 2.24) is 9.97 Å². The average molecular weight is 186 g/mol. The molecule has 0 unspecified atom stereocenters. The molecule has 0 saturated heterocycles. The molecule has 0 atom stereocenters. The van der Waals surface area contributed by atoms with E-state index >= 15 is 0 Å². The van der Waals surface area contributed by atoms with Crippen molar-refractivity contribution in [2.45, 2.75) is 0 Å². The summed E-state index contributed by atoms with van der Waals surface area (Å²) in [5, 5.41) is 0. The Labute approximate surface area is 74.9 Å². The molecule has 0 saturated carbocycles. The molecule has 1 N–H and O–H groups in total. The zero-order valence-corrected chi connectivity index (χ0v) is 8.13. The summed E-state index contributed by atoms with van der Waals surface area (Å²) in [5.74, 6) is 0.920. The van der Waals surface area contributed by atoms with Crippen molar-refractivity contribution >= 4 is 29.6 Å². The summed E-state index contributed by atoms with van der Waals surface area (Å²) < 4.78 is 1.26. The van der Waals surface area contributed by atoms with Crippen molar-refractivity contribution < 1.29 is 0 Å². The number of imidazole rings is 1. The van der Waals surface area contributed by atoms with Gasteiger partial charge in [0.25, 0.3) is 0 Å². The van der Waals surface area contributed by atoms with Crippen LogP contribution in [0.3, 0.4) is 0 Å². The van der Waals surface area contributed by atoms with E-state index in [-0.39, 0.29) is 0 Å². The Morgan fingerprint density at radius 2 is 2.27 bits per heavy atom. The summed E-state index contributed by atoms with van der Waals surface area (Å²) in [6.45, 7) is 0. The maximum absolute atomic E-state index is 4.09. The Balaban J connectivity index is 2.71. The van der Waals surface area contributed by atoms with Gasteiger partial charge in [0.2, 0.25) is 0 Å². The zero-order chi connectivity index (χ0) is 8.10. The van der Waals surface area contributed by atoms with Crippen LogP contribution in [0.2, 0.25) is 0 Å². The maximum atomic E-state index is 4.09. The van der Waals surface area contributed by atoms with Gasteiger partial charge in [0.05, 0.1) is 0 Å². The van der Waals surface area contributed by atoms with E-state index in [4.69, 9.17) is 0 Å². The van der Waals surface area contributed by atoms with E-state index in [0.717, 1.165) is 5.82 Å². The fraction of sp³-hybridized carbons (Fsp3) is 0.286. The smallest absolute Gasteiger partial charge is 0.131 e. The lowest BCUT2D eigenvalue weighted by Gasteiger charge is -1.95. The first-order valence-electron chi connectivity index (χ1n) is 3.16. The van der Waals surface area contributed by atoms with Gasteiger partial charge in [-0.1, -0.05) is 0 Å². The van der Waals surface area contributed by atoms with Gasteiger partial charge in [0, 0.05) is 22.7 Å². The molecule has 1 heterocycles. The molecule has 11 heavy (non-hydrogen) atoms. The molecule has 0 bridgehead atoms. The van der Waals surface area contributed by atoms with Crippen LogP contribution in [-0.2, 0) is 0 Å². The number of aromatic nitrogens is 2. The van der Waals surface area contributed by atoms with Crippen LogP contribution in [0.5, 0.6) is 0 Å². The van der Waals surface area contributed by atoms with E-state index in [1.807, 2.05) is 12.3 Å². The van der Waals surface area contributed by atoms with Crippen LogP contribution >= 0.6 is 23.5 Å². The molecular formula is C7H10N2S2. The number of rotatable bonds is 3. The summed E-state index contributed by atoms with van der Waals surface area (Å²) in [6, 6.07) is 0. The summed E-state index contributed by atoms with van der Waals surface area (Å²) in [6.07, 6.45) is 9.74. The third-order valence-corrected chi connectivity index (χ3v) is 3.22. The van der Waals surface area contributed by atoms with Crippen LogP contribution in [0.4, 0.5) is 0 Å². The number of hydrogen-bond donors (Lipinski definition) is 1. The molecule has 0 aliphatic rings. The Kier molecular flexibility index (Phi) is 3.59. The topological polar surface area (TPSA) is 28.7 Å². The zero-order valence-electron chi connectivity index (χ0n) is 6.50. The number of hydrogen-bond acceptors (Lipinski definition) is 3. The molecule has 0 radical (unpaired) electrons. The van der Waals surface area contributed by atoms with Gasteiger partial charge in [0.15, 0.2) is 0 Å². The van der Waals surface area contributed by atoms with E-state index < -0.39 is 0 Å². The molecule has 1 rings (SSSR count). The number of nitrogens with zero attached hydrogens (tertiary/aromatic N) is 1. The van der Waals surface area contributed by atoms with Crippen molar-refractivity contribution in [2.24, 2.45) is 0 Å². The monoisotopic (exact) mass is 186 g/mol. The molecule has 0 fully saturated rings. The van der Waals surface area contributed by atoms with E-state index in [9.17, 15) is 0 Å². The highest BCUT2D eigenvalue weighted by atomic mass is 32.2. The Hall–Kier alpha value is -0.350. The third kappa shape index (κ3) is 2.63. The molecule has 0 amide bonds. The van der Waals surface area contributed by atoms with Crippen LogP contribution in [0.15, 0.2) is 16.6 Å². The van der Waals surface area contributed by atoms with Gasteiger partial charge in [-0.05, 0) is 12.5 Å². The molecular weight excluding hydrogens is 176 g/mol. The first-order chi connectivity index (χ1) is 5.36. The lowest BCUT2D eigenvalue weighted by atomic mass is 10.6. The van der Waals surface area contributed by atoms with E-state index in [1.54, 1.807) is 29.7 Å². The van der Waals surface area contributed by atoms with Gasteiger partial charge >= 0.3 is 0 Å². The second-order valence-corrected chi connectivity index (χ2v) is 3.80. The molecule has 0 aliphatic carbocycles. The average Bonchev–Trinajstić information content (AvgIpc) is 2.52. The minimum atomic E-state index is 0.920. The molecule has 0 aliphatic heterocycles. The van der Waals surface area contributed by atoms with Gasteiger partial charge in [-0.15, -0.1) is 23.5 Å². The lowest BCUT2D eigenvalue weighted by Crippen LogP contribution is -1.74. The minimum Gasteiger partial charge on any atom is -0.345 e.